The Hall–Kier alpha value is -1.24. The number of ketones is 1. The predicted octanol–water partition coefficient (Wildman–Crippen LogP) is 4.23. The van der Waals surface area contributed by atoms with E-state index >= 15 is 0 Å². The molecule has 1 aromatic heterocycles. The van der Waals surface area contributed by atoms with Crippen molar-refractivity contribution in [3.63, 3.8) is 0 Å². The molecule has 7 heteroatoms. The number of Topliss-reactive ketones (excluding diaryl/α,β-unsaturated/α-hetero) is 1. The second-order valence-electron chi connectivity index (χ2n) is 6.76. The van der Waals surface area contributed by atoms with Gasteiger partial charge in [0, 0.05) is 33.8 Å². The quantitative estimate of drug-likeness (QED) is 0.667. The first-order valence-electron chi connectivity index (χ1n) is 8.51. The zero-order chi connectivity index (χ0) is 18.9. The van der Waals surface area contributed by atoms with Crippen molar-refractivity contribution in [3.8, 4) is 0 Å². The lowest BCUT2D eigenvalue weighted by Gasteiger charge is -2.16. The van der Waals surface area contributed by atoms with Crippen LogP contribution in [0.1, 0.15) is 39.8 Å². The van der Waals surface area contributed by atoms with Crippen molar-refractivity contribution < 1.29 is 13.2 Å². The molecule has 0 amide bonds. The molecule has 140 valence electrons. The second kappa shape index (κ2) is 7.79. The molecule has 4 nitrogen and oxygen atoms in total. The number of thioether (sulfide) groups is 1. The molecule has 2 aromatic rings. The van der Waals surface area contributed by atoms with Crippen LogP contribution in [-0.2, 0) is 15.6 Å². The summed E-state index contributed by atoms with van der Waals surface area (Å²) in [6.45, 7) is 3.85. The van der Waals surface area contributed by atoms with Crippen molar-refractivity contribution in [3.05, 3.63) is 57.9 Å². The van der Waals surface area contributed by atoms with Gasteiger partial charge in [0.05, 0.1) is 17.3 Å². The Morgan fingerprint density at radius 2 is 2.08 bits per heavy atom. The number of hydrogen-bond acceptors (Lipinski definition) is 4. The summed E-state index contributed by atoms with van der Waals surface area (Å²) in [6, 6.07) is 9.48. The molecule has 1 aliphatic rings. The summed E-state index contributed by atoms with van der Waals surface area (Å²) in [4.78, 5) is 12.7. The number of halogens is 1. The van der Waals surface area contributed by atoms with Crippen molar-refractivity contribution >= 4 is 39.0 Å². The minimum Gasteiger partial charge on any atom is -0.344 e. The van der Waals surface area contributed by atoms with E-state index in [1.165, 1.54) is 0 Å². The Labute approximate surface area is 163 Å². The van der Waals surface area contributed by atoms with Gasteiger partial charge >= 0.3 is 0 Å². The Bertz CT molecular complexity index is 934. The molecule has 0 N–H and O–H groups in total. The highest BCUT2D eigenvalue weighted by Crippen LogP contribution is 2.29. The normalized spacial score (nSPS) is 19.0. The minimum absolute atomic E-state index is 0.0549. The first-order valence-corrected chi connectivity index (χ1v) is 11.9. The fraction of sp³-hybridized carbons (Fsp3) is 0.421. The first kappa shape index (κ1) is 19.5. The SMILES string of the molecule is Cc1cc(C(=O)CSCc2cccc(Cl)c2)c(C)n1[C@@H]1CCS(=O)(=O)C1. The molecule has 0 bridgehead atoms. The van der Waals surface area contributed by atoms with Crippen LogP contribution in [0, 0.1) is 13.8 Å². The molecule has 1 saturated heterocycles. The number of benzene rings is 1. The molecule has 0 radical (unpaired) electrons. The average molecular weight is 412 g/mol. The fourth-order valence-corrected chi connectivity index (χ4v) is 6.34. The summed E-state index contributed by atoms with van der Waals surface area (Å²) < 4.78 is 25.6. The highest BCUT2D eigenvalue weighted by Gasteiger charge is 2.31. The Balaban J connectivity index is 1.67. The van der Waals surface area contributed by atoms with Gasteiger partial charge in [0.15, 0.2) is 15.6 Å². The molecule has 1 atom stereocenters. The summed E-state index contributed by atoms with van der Waals surface area (Å²) in [7, 11) is -2.96. The Morgan fingerprint density at radius 3 is 2.73 bits per heavy atom. The van der Waals surface area contributed by atoms with Gasteiger partial charge in [-0.25, -0.2) is 8.42 Å². The van der Waals surface area contributed by atoms with Gasteiger partial charge in [0.25, 0.3) is 0 Å². The summed E-state index contributed by atoms with van der Waals surface area (Å²) in [5.74, 6) is 1.59. The molecule has 0 aliphatic carbocycles. The Morgan fingerprint density at radius 1 is 1.31 bits per heavy atom. The maximum atomic E-state index is 12.7. The maximum absolute atomic E-state index is 12.7. The topological polar surface area (TPSA) is 56.1 Å². The van der Waals surface area contributed by atoms with E-state index in [-0.39, 0.29) is 23.3 Å². The molecular formula is C19H22ClNO3S2. The molecule has 0 spiro atoms. The molecule has 0 saturated carbocycles. The van der Waals surface area contributed by atoms with E-state index in [9.17, 15) is 13.2 Å². The van der Waals surface area contributed by atoms with Crippen LogP contribution in [0.15, 0.2) is 30.3 Å². The van der Waals surface area contributed by atoms with E-state index in [1.54, 1.807) is 11.8 Å². The molecule has 1 fully saturated rings. The summed E-state index contributed by atoms with van der Waals surface area (Å²) in [5, 5.41) is 0.699. The highest BCUT2D eigenvalue weighted by atomic mass is 35.5. The van der Waals surface area contributed by atoms with Crippen molar-refractivity contribution in [1.82, 2.24) is 4.57 Å². The van der Waals surface area contributed by atoms with Crippen molar-refractivity contribution in [2.24, 2.45) is 0 Å². The summed E-state index contributed by atoms with van der Waals surface area (Å²) in [5.41, 5.74) is 3.62. The van der Waals surface area contributed by atoms with Crippen LogP contribution in [0.2, 0.25) is 5.02 Å². The first-order chi connectivity index (χ1) is 12.3. The van der Waals surface area contributed by atoms with Crippen LogP contribution in [0.3, 0.4) is 0 Å². The summed E-state index contributed by atoms with van der Waals surface area (Å²) in [6.07, 6.45) is 0.621. The number of hydrogen-bond donors (Lipinski definition) is 0. The standard InChI is InChI=1S/C19H22ClNO3S2/c1-13-8-18(14(2)21(13)17-6-7-26(23,24)12-17)19(22)11-25-10-15-4-3-5-16(20)9-15/h3-5,8-9,17H,6-7,10-12H2,1-2H3/t17-/m1/s1. The zero-order valence-electron chi connectivity index (χ0n) is 14.9. The van der Waals surface area contributed by atoms with Gasteiger partial charge in [0.1, 0.15) is 0 Å². The molecule has 0 unspecified atom stereocenters. The molecule has 2 heterocycles. The fourth-order valence-electron chi connectivity index (χ4n) is 3.57. The van der Waals surface area contributed by atoms with E-state index in [0.717, 1.165) is 22.7 Å². The second-order valence-corrected chi connectivity index (χ2v) is 10.4. The smallest absolute Gasteiger partial charge is 0.174 e. The average Bonchev–Trinajstić information content (AvgIpc) is 3.06. The number of rotatable bonds is 6. The molecule has 1 aromatic carbocycles. The monoisotopic (exact) mass is 411 g/mol. The van der Waals surface area contributed by atoms with Gasteiger partial charge in [-0.05, 0) is 44.0 Å². The van der Waals surface area contributed by atoms with Gasteiger partial charge in [-0.2, -0.15) is 0 Å². The zero-order valence-corrected chi connectivity index (χ0v) is 17.3. The third-order valence-corrected chi connectivity index (χ3v) is 7.74. The van der Waals surface area contributed by atoms with Crippen molar-refractivity contribution in [1.29, 1.82) is 0 Å². The van der Waals surface area contributed by atoms with Gasteiger partial charge in [-0.15, -0.1) is 11.8 Å². The number of aromatic nitrogens is 1. The van der Waals surface area contributed by atoms with E-state index in [2.05, 4.69) is 0 Å². The van der Waals surface area contributed by atoms with Crippen LogP contribution < -0.4 is 0 Å². The van der Waals surface area contributed by atoms with Crippen molar-refractivity contribution in [2.45, 2.75) is 32.1 Å². The lowest BCUT2D eigenvalue weighted by molar-refractivity contribution is 0.102. The lowest BCUT2D eigenvalue weighted by Crippen LogP contribution is -2.14. The number of aryl methyl sites for hydroxylation is 1. The third-order valence-electron chi connectivity index (χ3n) is 4.75. The molecule has 3 rings (SSSR count). The van der Waals surface area contributed by atoms with Crippen LogP contribution in [0.4, 0.5) is 0 Å². The largest absolute Gasteiger partial charge is 0.344 e. The van der Waals surface area contributed by atoms with E-state index in [1.807, 2.05) is 48.7 Å². The molecule has 1 aliphatic heterocycles. The van der Waals surface area contributed by atoms with Gasteiger partial charge in [-0.3, -0.25) is 4.79 Å². The van der Waals surface area contributed by atoms with Crippen LogP contribution in [0.25, 0.3) is 0 Å². The number of nitrogens with zero attached hydrogens (tertiary/aromatic N) is 1. The number of carbonyl (C=O) groups excluding carboxylic acids is 1. The van der Waals surface area contributed by atoms with Gasteiger partial charge in [-0.1, -0.05) is 23.7 Å². The van der Waals surface area contributed by atoms with Gasteiger partial charge in [0.2, 0.25) is 0 Å². The van der Waals surface area contributed by atoms with Crippen molar-refractivity contribution in [2.75, 3.05) is 17.3 Å². The van der Waals surface area contributed by atoms with Gasteiger partial charge < -0.3 is 4.57 Å². The maximum Gasteiger partial charge on any atom is 0.174 e. The van der Waals surface area contributed by atoms with E-state index < -0.39 is 9.84 Å². The summed E-state index contributed by atoms with van der Waals surface area (Å²) >= 11 is 7.54. The van der Waals surface area contributed by atoms with E-state index in [0.29, 0.717) is 22.8 Å². The van der Waals surface area contributed by atoms with E-state index in [4.69, 9.17) is 11.6 Å². The minimum atomic E-state index is -2.96. The van der Waals surface area contributed by atoms with Crippen LogP contribution in [-0.4, -0.2) is 36.0 Å². The number of carbonyl (C=O) groups is 1. The number of sulfone groups is 1. The molecular weight excluding hydrogens is 390 g/mol. The molecule has 26 heavy (non-hydrogen) atoms. The van der Waals surface area contributed by atoms with Crippen LogP contribution in [0.5, 0.6) is 0 Å². The lowest BCUT2D eigenvalue weighted by atomic mass is 10.2. The predicted molar refractivity (Wildman–Crippen MR) is 108 cm³/mol. The van der Waals surface area contributed by atoms with Crippen LogP contribution >= 0.6 is 23.4 Å². The Kier molecular flexibility index (Phi) is 5.85. The highest BCUT2D eigenvalue weighted by molar-refractivity contribution is 7.99. The third kappa shape index (κ3) is 4.35.